The van der Waals surface area contributed by atoms with Crippen LogP contribution >= 0.6 is 0 Å². The number of nitrogens with one attached hydrogen (secondary N) is 2. The van der Waals surface area contributed by atoms with Gasteiger partial charge in [0.15, 0.2) is 0 Å². The lowest BCUT2D eigenvalue weighted by Crippen LogP contribution is -2.50. The number of aryl methyl sites for hydroxylation is 1. The minimum absolute atomic E-state index is 0.0227. The van der Waals surface area contributed by atoms with Crippen molar-refractivity contribution in [3.63, 3.8) is 0 Å². The largest absolute Gasteiger partial charge is 0.383 e. The molecule has 3 aliphatic rings. The van der Waals surface area contributed by atoms with Crippen LogP contribution in [0.25, 0.3) is 0 Å². The Morgan fingerprint density at radius 1 is 1.17 bits per heavy atom. The van der Waals surface area contributed by atoms with Crippen LogP contribution in [0.15, 0.2) is 42.5 Å². The van der Waals surface area contributed by atoms with Crippen LogP contribution in [-0.2, 0) is 9.53 Å². The molecule has 1 aliphatic carbocycles. The first-order valence-electron chi connectivity index (χ1n) is 13.0. The van der Waals surface area contributed by atoms with Gasteiger partial charge in [0.1, 0.15) is 0 Å². The van der Waals surface area contributed by atoms with Crippen LogP contribution < -0.4 is 10.6 Å². The van der Waals surface area contributed by atoms with Crippen LogP contribution in [0.4, 0.5) is 5.69 Å². The maximum Gasteiger partial charge on any atom is 0.251 e. The van der Waals surface area contributed by atoms with Crippen LogP contribution in [0.5, 0.6) is 0 Å². The molecule has 2 aliphatic heterocycles. The van der Waals surface area contributed by atoms with E-state index in [-0.39, 0.29) is 35.9 Å². The van der Waals surface area contributed by atoms with E-state index in [2.05, 4.69) is 33.7 Å². The van der Waals surface area contributed by atoms with Crippen molar-refractivity contribution in [2.24, 2.45) is 11.8 Å². The Labute approximate surface area is 212 Å². The second kappa shape index (κ2) is 10.3. The first-order chi connectivity index (χ1) is 17.5. The van der Waals surface area contributed by atoms with Crippen LogP contribution in [0.2, 0.25) is 0 Å². The van der Waals surface area contributed by atoms with Crippen molar-refractivity contribution in [2.75, 3.05) is 25.6 Å². The van der Waals surface area contributed by atoms with Gasteiger partial charge in [0.25, 0.3) is 5.91 Å². The Bertz CT molecular complexity index is 1190. The molecule has 2 heterocycles. The molecule has 36 heavy (non-hydrogen) atoms. The molecule has 0 radical (unpaired) electrons. The normalized spacial score (nSPS) is 26.8. The first kappa shape index (κ1) is 24.3. The van der Waals surface area contributed by atoms with Crippen LogP contribution in [0, 0.1) is 30.1 Å². The third-order valence-corrected chi connectivity index (χ3v) is 8.22. The number of nitriles is 1. The standard InChI is InChI=1S/C29H34N4O3/c1-18-15-19(11-12-20(18)16-30)28(34)32-25-10-6-4-8-23(25)29(35)33-14-13-22-26(17-36-2)31-24-9-5-3-7-21(24)27(22)33/h3,5,7,9,11-12,15,22-23,25-27,31H,4,6,8,10,13-14,17H2,1-2H3,(H,32,34)/t22-,23-,25+,26-,27-/m0/s1. The van der Waals surface area contributed by atoms with Gasteiger partial charge in [-0.2, -0.15) is 5.26 Å². The summed E-state index contributed by atoms with van der Waals surface area (Å²) < 4.78 is 5.51. The Morgan fingerprint density at radius 2 is 1.97 bits per heavy atom. The highest BCUT2D eigenvalue weighted by atomic mass is 16.5. The van der Waals surface area contributed by atoms with Crippen molar-refractivity contribution in [2.45, 2.75) is 57.2 Å². The summed E-state index contributed by atoms with van der Waals surface area (Å²) in [6.45, 7) is 3.15. The van der Waals surface area contributed by atoms with Crippen molar-refractivity contribution < 1.29 is 14.3 Å². The van der Waals surface area contributed by atoms with Gasteiger partial charge < -0.3 is 20.3 Å². The number of fused-ring (bicyclic) bond motifs is 3. The fraction of sp³-hybridized carbons (Fsp3) is 0.483. The molecule has 188 valence electrons. The van der Waals surface area contributed by atoms with E-state index in [1.165, 1.54) is 5.56 Å². The molecular formula is C29H34N4O3. The second-order valence-corrected chi connectivity index (χ2v) is 10.3. The minimum Gasteiger partial charge on any atom is -0.383 e. The van der Waals surface area contributed by atoms with E-state index in [0.717, 1.165) is 49.9 Å². The smallest absolute Gasteiger partial charge is 0.251 e. The number of hydrogen-bond acceptors (Lipinski definition) is 5. The molecule has 2 N–H and O–H groups in total. The molecule has 0 aromatic heterocycles. The predicted octanol–water partition coefficient (Wildman–Crippen LogP) is 4.19. The van der Waals surface area contributed by atoms with Gasteiger partial charge in [0.2, 0.25) is 5.91 Å². The molecule has 1 saturated carbocycles. The molecule has 0 spiro atoms. The Balaban J connectivity index is 1.37. The number of benzene rings is 2. The van der Waals surface area contributed by atoms with E-state index in [4.69, 9.17) is 4.74 Å². The van der Waals surface area contributed by atoms with E-state index >= 15 is 0 Å². The number of methoxy groups -OCH3 is 1. The van der Waals surface area contributed by atoms with E-state index in [0.29, 0.717) is 23.7 Å². The Hall–Kier alpha value is -3.37. The van der Waals surface area contributed by atoms with E-state index in [1.54, 1.807) is 25.3 Å². The summed E-state index contributed by atoms with van der Waals surface area (Å²) in [7, 11) is 1.72. The van der Waals surface area contributed by atoms with Gasteiger partial charge in [0, 0.05) is 36.9 Å². The maximum absolute atomic E-state index is 14.1. The number of hydrogen-bond donors (Lipinski definition) is 2. The molecule has 0 unspecified atom stereocenters. The summed E-state index contributed by atoms with van der Waals surface area (Å²) in [5.41, 5.74) is 4.11. The zero-order chi connectivity index (χ0) is 25.2. The predicted molar refractivity (Wildman–Crippen MR) is 137 cm³/mol. The third kappa shape index (κ3) is 4.46. The number of carbonyl (C=O) groups excluding carboxylic acids is 2. The van der Waals surface area contributed by atoms with Gasteiger partial charge in [-0.15, -0.1) is 0 Å². The average molecular weight is 487 g/mol. The number of nitrogens with zero attached hydrogens (tertiary/aromatic N) is 2. The second-order valence-electron chi connectivity index (χ2n) is 10.3. The average Bonchev–Trinajstić information content (AvgIpc) is 3.35. The summed E-state index contributed by atoms with van der Waals surface area (Å²) >= 11 is 0. The number of amides is 2. The van der Waals surface area contributed by atoms with Crippen LogP contribution in [0.3, 0.4) is 0 Å². The molecule has 7 heteroatoms. The fourth-order valence-electron chi connectivity index (χ4n) is 6.42. The van der Waals surface area contributed by atoms with Gasteiger partial charge in [0.05, 0.1) is 36.2 Å². The van der Waals surface area contributed by atoms with Crippen molar-refractivity contribution in [1.82, 2.24) is 10.2 Å². The van der Waals surface area contributed by atoms with E-state index in [1.807, 2.05) is 19.1 Å². The number of rotatable bonds is 5. The van der Waals surface area contributed by atoms with Gasteiger partial charge >= 0.3 is 0 Å². The number of ether oxygens (including phenoxy) is 1. The van der Waals surface area contributed by atoms with Crippen molar-refractivity contribution in [3.05, 3.63) is 64.7 Å². The highest BCUT2D eigenvalue weighted by Gasteiger charge is 2.48. The first-order valence-corrected chi connectivity index (χ1v) is 13.0. The molecule has 5 rings (SSSR count). The topological polar surface area (TPSA) is 94.5 Å². The summed E-state index contributed by atoms with van der Waals surface area (Å²) in [5.74, 6) is 0.0289. The summed E-state index contributed by atoms with van der Waals surface area (Å²) in [4.78, 5) is 29.3. The zero-order valence-corrected chi connectivity index (χ0v) is 21.0. The van der Waals surface area contributed by atoms with Gasteiger partial charge in [-0.25, -0.2) is 0 Å². The van der Waals surface area contributed by atoms with Gasteiger partial charge in [-0.05, 0) is 61.6 Å². The van der Waals surface area contributed by atoms with Gasteiger partial charge in [-0.1, -0.05) is 31.0 Å². The number of para-hydroxylation sites is 1. The molecule has 2 amide bonds. The lowest BCUT2D eigenvalue weighted by atomic mass is 9.81. The Kier molecular flexibility index (Phi) is 6.97. The van der Waals surface area contributed by atoms with Crippen molar-refractivity contribution in [1.29, 1.82) is 5.26 Å². The van der Waals surface area contributed by atoms with Crippen molar-refractivity contribution >= 4 is 17.5 Å². The summed E-state index contributed by atoms with van der Waals surface area (Å²) in [5, 5.41) is 16.0. The molecule has 2 aromatic rings. The molecular weight excluding hydrogens is 452 g/mol. The quantitative estimate of drug-likeness (QED) is 0.661. The zero-order valence-electron chi connectivity index (χ0n) is 21.0. The number of anilines is 1. The molecule has 2 fully saturated rings. The van der Waals surface area contributed by atoms with Gasteiger partial charge in [-0.3, -0.25) is 9.59 Å². The highest BCUT2D eigenvalue weighted by molar-refractivity contribution is 5.95. The monoisotopic (exact) mass is 486 g/mol. The molecule has 1 saturated heterocycles. The van der Waals surface area contributed by atoms with Crippen molar-refractivity contribution in [3.8, 4) is 6.07 Å². The lowest BCUT2D eigenvalue weighted by Gasteiger charge is -2.41. The molecule has 5 atom stereocenters. The highest BCUT2D eigenvalue weighted by Crippen LogP contribution is 2.47. The number of likely N-dealkylation sites (tertiary alicyclic amines) is 1. The SMILES string of the molecule is COC[C@@H]1Nc2ccccc2[C@H]2[C@H]1CCN2C(=O)[C@H]1CCCC[C@H]1NC(=O)c1ccc(C#N)c(C)c1. The lowest BCUT2D eigenvalue weighted by molar-refractivity contribution is -0.139. The third-order valence-electron chi connectivity index (χ3n) is 8.22. The van der Waals surface area contributed by atoms with E-state index < -0.39 is 0 Å². The Morgan fingerprint density at radius 3 is 2.75 bits per heavy atom. The molecule has 7 nitrogen and oxygen atoms in total. The maximum atomic E-state index is 14.1. The van der Waals surface area contributed by atoms with Crippen LogP contribution in [0.1, 0.15) is 65.2 Å². The van der Waals surface area contributed by atoms with E-state index in [9.17, 15) is 14.9 Å². The molecule has 0 bridgehead atoms. The minimum atomic E-state index is -0.233. The number of carbonyl (C=O) groups is 2. The fourth-order valence-corrected chi connectivity index (χ4v) is 6.42. The summed E-state index contributed by atoms with van der Waals surface area (Å²) in [6, 6.07) is 15.5. The summed E-state index contributed by atoms with van der Waals surface area (Å²) in [6.07, 6.45) is 4.50. The van der Waals surface area contributed by atoms with Crippen LogP contribution in [-0.4, -0.2) is 49.1 Å². The molecule has 2 aromatic carbocycles.